The van der Waals surface area contributed by atoms with E-state index in [0.29, 0.717) is 26.6 Å². The Morgan fingerprint density at radius 1 is 0.844 bits per heavy atom. The van der Waals surface area contributed by atoms with Gasteiger partial charge in [0, 0.05) is 31.0 Å². The van der Waals surface area contributed by atoms with Gasteiger partial charge in [-0.25, -0.2) is 9.78 Å². The van der Waals surface area contributed by atoms with Crippen LogP contribution in [-0.4, -0.2) is 23.3 Å². The van der Waals surface area contributed by atoms with Crippen LogP contribution in [0.5, 0.6) is 0 Å². The van der Waals surface area contributed by atoms with Gasteiger partial charge in [-0.3, -0.25) is 4.79 Å². The molecule has 0 atom stereocenters. The summed E-state index contributed by atoms with van der Waals surface area (Å²) in [6.07, 6.45) is 0. The van der Waals surface area contributed by atoms with Crippen molar-refractivity contribution in [1.82, 2.24) is 4.98 Å². The largest absolute Gasteiger partial charge is 0.454 e. The van der Waals surface area contributed by atoms with Crippen molar-refractivity contribution in [2.24, 2.45) is 0 Å². The predicted octanol–water partition coefficient (Wildman–Crippen LogP) is 7.66. The van der Waals surface area contributed by atoms with Gasteiger partial charge in [0.05, 0.1) is 21.8 Å². The van der Waals surface area contributed by atoms with Crippen LogP contribution in [0.2, 0.25) is 15.1 Å². The molecule has 4 nitrogen and oxygen atoms in total. The van der Waals surface area contributed by atoms with Crippen LogP contribution in [0.1, 0.15) is 20.7 Å². The Morgan fingerprint density at radius 2 is 1.56 bits per heavy atom. The zero-order valence-electron chi connectivity index (χ0n) is 16.2. The third kappa shape index (κ3) is 4.97. The quantitative estimate of drug-likeness (QED) is 0.189. The number of esters is 1. The van der Waals surface area contributed by atoms with Crippen LogP contribution in [0, 0.1) is 0 Å². The lowest BCUT2D eigenvalue weighted by molar-refractivity contribution is 0.0476. The molecule has 160 valence electrons. The number of rotatable bonds is 5. The molecule has 0 amide bonds. The van der Waals surface area contributed by atoms with Crippen LogP contribution in [0.25, 0.3) is 22.2 Å². The van der Waals surface area contributed by atoms with Gasteiger partial charge < -0.3 is 4.74 Å². The molecule has 0 bridgehead atoms. The first kappa shape index (κ1) is 22.7. The van der Waals surface area contributed by atoms with E-state index in [2.05, 4.69) is 20.9 Å². The topological polar surface area (TPSA) is 56.3 Å². The number of carbonyl (C=O) groups excluding carboxylic acids is 2. The second-order valence-electron chi connectivity index (χ2n) is 6.85. The van der Waals surface area contributed by atoms with Gasteiger partial charge >= 0.3 is 5.97 Å². The van der Waals surface area contributed by atoms with Crippen molar-refractivity contribution in [3.63, 3.8) is 0 Å². The number of fused-ring (bicyclic) bond motifs is 1. The second-order valence-corrected chi connectivity index (χ2v) is 9.04. The van der Waals surface area contributed by atoms with Gasteiger partial charge in [-0.05, 0) is 54.6 Å². The predicted molar refractivity (Wildman–Crippen MR) is 131 cm³/mol. The molecule has 0 saturated carbocycles. The molecule has 3 aromatic carbocycles. The molecule has 0 saturated heterocycles. The lowest BCUT2D eigenvalue weighted by Gasteiger charge is -2.11. The Kier molecular flexibility index (Phi) is 6.82. The minimum absolute atomic E-state index is 0.196. The highest BCUT2D eigenvalue weighted by Crippen LogP contribution is 2.29. The zero-order chi connectivity index (χ0) is 22.8. The average molecular weight is 550 g/mol. The van der Waals surface area contributed by atoms with E-state index < -0.39 is 18.4 Å². The average Bonchev–Trinajstić information content (AvgIpc) is 2.77. The number of Topliss-reactive ketones (excluding diaryl/α,β-unsaturated/α-hetero) is 1. The zero-order valence-corrected chi connectivity index (χ0v) is 20.1. The highest BCUT2D eigenvalue weighted by atomic mass is 79.9. The number of hydrogen-bond acceptors (Lipinski definition) is 4. The Hall–Kier alpha value is -2.44. The lowest BCUT2D eigenvalue weighted by Crippen LogP contribution is -2.15. The molecule has 0 unspecified atom stereocenters. The molecule has 1 heterocycles. The molecule has 4 aromatic rings. The summed E-state index contributed by atoms with van der Waals surface area (Å²) in [5.74, 6) is -1.08. The van der Waals surface area contributed by atoms with Gasteiger partial charge in [-0.2, -0.15) is 0 Å². The van der Waals surface area contributed by atoms with Crippen LogP contribution < -0.4 is 0 Å². The number of hydrogen-bond donors (Lipinski definition) is 0. The fraction of sp³-hybridized carbons (Fsp3) is 0.0417. The van der Waals surface area contributed by atoms with Crippen LogP contribution in [0.3, 0.4) is 0 Å². The lowest BCUT2D eigenvalue weighted by atomic mass is 10.0. The summed E-state index contributed by atoms with van der Waals surface area (Å²) >= 11 is 21.4. The van der Waals surface area contributed by atoms with Gasteiger partial charge in [0.15, 0.2) is 6.61 Å². The van der Waals surface area contributed by atoms with Crippen molar-refractivity contribution in [1.29, 1.82) is 0 Å². The van der Waals surface area contributed by atoms with E-state index in [0.717, 1.165) is 10.0 Å². The van der Waals surface area contributed by atoms with Crippen LogP contribution in [0.15, 0.2) is 71.2 Å². The highest BCUT2D eigenvalue weighted by molar-refractivity contribution is 9.10. The standard InChI is InChI=1S/C24H13BrCl3NO3/c25-14-3-8-21-18(9-14)19(11-22(29-21)13-1-4-15(26)5-2-13)24(31)32-12-23(30)17-7-6-16(27)10-20(17)28/h1-11H,12H2. The van der Waals surface area contributed by atoms with Gasteiger partial charge in [-0.15, -0.1) is 0 Å². The molecule has 0 aliphatic heterocycles. The Labute approximate surface area is 207 Å². The van der Waals surface area contributed by atoms with E-state index in [-0.39, 0.29) is 16.1 Å². The number of ether oxygens (including phenoxy) is 1. The molecule has 0 N–H and O–H groups in total. The second kappa shape index (κ2) is 9.59. The van der Waals surface area contributed by atoms with E-state index in [4.69, 9.17) is 39.5 Å². The fourth-order valence-corrected chi connectivity index (χ4v) is 4.14. The number of carbonyl (C=O) groups is 2. The maximum absolute atomic E-state index is 13.0. The van der Waals surface area contributed by atoms with E-state index in [1.165, 1.54) is 12.1 Å². The maximum Gasteiger partial charge on any atom is 0.339 e. The Bertz CT molecular complexity index is 1360. The van der Waals surface area contributed by atoms with Gasteiger partial charge in [0.2, 0.25) is 5.78 Å². The molecule has 32 heavy (non-hydrogen) atoms. The number of halogens is 4. The molecule has 0 aliphatic carbocycles. The molecule has 4 rings (SSSR count). The van der Waals surface area contributed by atoms with Crippen molar-refractivity contribution in [3.05, 3.63) is 97.4 Å². The number of ketones is 1. The van der Waals surface area contributed by atoms with E-state index in [1.807, 2.05) is 18.2 Å². The smallest absolute Gasteiger partial charge is 0.339 e. The molecule has 8 heteroatoms. The normalized spacial score (nSPS) is 10.9. The molecule has 0 aliphatic rings. The summed E-state index contributed by atoms with van der Waals surface area (Å²) in [6.45, 7) is -0.464. The molecular weight excluding hydrogens is 537 g/mol. The van der Waals surface area contributed by atoms with Crippen molar-refractivity contribution >= 4 is 73.4 Å². The summed E-state index contributed by atoms with van der Waals surface area (Å²) < 4.78 is 6.12. The minimum Gasteiger partial charge on any atom is -0.454 e. The van der Waals surface area contributed by atoms with Crippen LogP contribution >= 0.6 is 50.7 Å². The highest BCUT2D eigenvalue weighted by Gasteiger charge is 2.19. The summed E-state index contributed by atoms with van der Waals surface area (Å²) in [6, 6.07) is 18.7. The monoisotopic (exact) mass is 547 g/mol. The van der Waals surface area contributed by atoms with Crippen molar-refractivity contribution in [3.8, 4) is 11.3 Å². The number of pyridine rings is 1. The van der Waals surface area contributed by atoms with E-state index in [9.17, 15) is 9.59 Å². The van der Waals surface area contributed by atoms with Gasteiger partial charge in [0.1, 0.15) is 0 Å². The SMILES string of the molecule is O=C(COC(=O)c1cc(-c2ccc(Cl)cc2)nc2ccc(Br)cc12)c1ccc(Cl)cc1Cl. The van der Waals surface area contributed by atoms with Crippen LogP contribution in [-0.2, 0) is 4.74 Å². The summed E-state index contributed by atoms with van der Waals surface area (Å²) in [7, 11) is 0. The summed E-state index contributed by atoms with van der Waals surface area (Å²) in [5, 5.41) is 1.80. The van der Waals surface area contributed by atoms with Crippen molar-refractivity contribution in [2.75, 3.05) is 6.61 Å². The summed E-state index contributed by atoms with van der Waals surface area (Å²) in [5.41, 5.74) is 2.50. The van der Waals surface area contributed by atoms with Crippen molar-refractivity contribution < 1.29 is 14.3 Å². The number of nitrogens with zero attached hydrogens (tertiary/aromatic N) is 1. The molecule has 0 radical (unpaired) electrons. The number of aromatic nitrogens is 1. The first-order valence-electron chi connectivity index (χ1n) is 9.33. The first-order chi connectivity index (χ1) is 15.3. The van der Waals surface area contributed by atoms with E-state index >= 15 is 0 Å². The third-order valence-electron chi connectivity index (χ3n) is 4.70. The Morgan fingerprint density at radius 3 is 2.28 bits per heavy atom. The van der Waals surface area contributed by atoms with Crippen molar-refractivity contribution in [2.45, 2.75) is 0 Å². The van der Waals surface area contributed by atoms with E-state index in [1.54, 1.807) is 36.4 Å². The van der Waals surface area contributed by atoms with Gasteiger partial charge in [-0.1, -0.05) is 62.9 Å². The molecule has 0 fully saturated rings. The fourth-order valence-electron chi connectivity index (χ4n) is 3.14. The number of benzene rings is 3. The van der Waals surface area contributed by atoms with Gasteiger partial charge in [0.25, 0.3) is 0 Å². The van der Waals surface area contributed by atoms with Crippen LogP contribution in [0.4, 0.5) is 0 Å². The maximum atomic E-state index is 13.0. The third-order valence-corrected chi connectivity index (χ3v) is 5.99. The molecule has 1 aromatic heterocycles. The Balaban J connectivity index is 1.67. The minimum atomic E-state index is -0.649. The molecule has 0 spiro atoms. The molecular formula is C24H13BrCl3NO3. The summed E-state index contributed by atoms with van der Waals surface area (Å²) in [4.78, 5) is 30.2. The first-order valence-corrected chi connectivity index (χ1v) is 11.3.